The first-order valence-electron chi connectivity index (χ1n) is 5.36. The van der Waals surface area contributed by atoms with Crippen LogP contribution in [0.5, 0.6) is 0 Å². The van der Waals surface area contributed by atoms with E-state index in [9.17, 15) is 0 Å². The van der Waals surface area contributed by atoms with Crippen LogP contribution in [0.1, 0.15) is 31.7 Å². The van der Waals surface area contributed by atoms with Gasteiger partial charge in [0.15, 0.2) is 0 Å². The molecule has 0 aromatic heterocycles. The van der Waals surface area contributed by atoms with Gasteiger partial charge in [-0.3, -0.25) is 0 Å². The largest absolute Gasteiger partial charge is 0.0836 e. The number of hydrogen-bond donors (Lipinski definition) is 0. The summed E-state index contributed by atoms with van der Waals surface area (Å²) in [6.07, 6.45) is 8.17. The molecule has 1 aromatic rings. The highest BCUT2D eigenvalue weighted by Gasteiger charge is 2.07. The highest BCUT2D eigenvalue weighted by Crippen LogP contribution is 2.28. The van der Waals surface area contributed by atoms with Crippen molar-refractivity contribution in [2.24, 2.45) is 0 Å². The van der Waals surface area contributed by atoms with Crippen LogP contribution in [-0.2, 0) is 0 Å². The van der Waals surface area contributed by atoms with Crippen LogP contribution in [-0.4, -0.2) is 0 Å². The molecule has 0 fully saturated rings. The molecule has 0 unspecified atom stereocenters. The van der Waals surface area contributed by atoms with E-state index in [0.29, 0.717) is 0 Å². The zero-order valence-corrected chi connectivity index (χ0v) is 8.66. The van der Waals surface area contributed by atoms with Crippen molar-refractivity contribution >= 4 is 5.57 Å². The van der Waals surface area contributed by atoms with Crippen LogP contribution < -0.4 is 0 Å². The molecular weight excluding hydrogens is 168 g/mol. The lowest BCUT2D eigenvalue weighted by Crippen LogP contribution is -1.93. The fourth-order valence-corrected chi connectivity index (χ4v) is 2.00. The minimum atomic E-state index is 1.18. The predicted molar refractivity (Wildman–Crippen MR) is 62.0 cm³/mol. The minimum absolute atomic E-state index is 1.18. The molecule has 0 saturated carbocycles. The molecule has 0 atom stereocenters. The van der Waals surface area contributed by atoms with E-state index in [2.05, 4.69) is 49.4 Å². The average Bonchev–Trinajstić information content (AvgIpc) is 2.30. The number of benzene rings is 1. The molecule has 1 aromatic carbocycles. The molecule has 14 heavy (non-hydrogen) atoms. The maximum Gasteiger partial charge on any atom is -0.0185 e. The Balaban J connectivity index is 2.41. The third-order valence-corrected chi connectivity index (χ3v) is 2.79. The Hall–Kier alpha value is -1.30. The fraction of sp³-hybridized carbons (Fsp3) is 0.286. The van der Waals surface area contributed by atoms with Gasteiger partial charge in [-0.1, -0.05) is 55.0 Å². The number of rotatable bonds is 2. The van der Waals surface area contributed by atoms with Crippen molar-refractivity contribution in [2.45, 2.75) is 26.2 Å². The van der Waals surface area contributed by atoms with Crippen molar-refractivity contribution in [1.29, 1.82) is 0 Å². The van der Waals surface area contributed by atoms with Crippen LogP contribution >= 0.6 is 0 Å². The Morgan fingerprint density at radius 2 is 1.93 bits per heavy atom. The zero-order chi connectivity index (χ0) is 9.80. The van der Waals surface area contributed by atoms with E-state index < -0.39 is 0 Å². The van der Waals surface area contributed by atoms with Crippen molar-refractivity contribution < 1.29 is 0 Å². The SMILES string of the molecule is CCC1=C(c2ccccc2)C=CCC1. The standard InChI is InChI=1S/C14H16/c1-2-12-8-6-7-11-14(12)13-9-4-3-5-10-13/h3-5,7,9-11H,2,6,8H2,1H3. The topological polar surface area (TPSA) is 0 Å². The van der Waals surface area contributed by atoms with E-state index in [1.165, 1.54) is 30.4 Å². The summed E-state index contributed by atoms with van der Waals surface area (Å²) in [5, 5.41) is 0. The second-order valence-corrected chi connectivity index (χ2v) is 3.68. The predicted octanol–water partition coefficient (Wildman–Crippen LogP) is 4.20. The third kappa shape index (κ3) is 1.79. The lowest BCUT2D eigenvalue weighted by Gasteiger charge is -2.14. The summed E-state index contributed by atoms with van der Waals surface area (Å²) in [4.78, 5) is 0. The normalized spacial score (nSPS) is 16.1. The maximum atomic E-state index is 2.28. The minimum Gasteiger partial charge on any atom is -0.0836 e. The Bertz CT molecular complexity index is 355. The highest BCUT2D eigenvalue weighted by molar-refractivity contribution is 5.77. The molecule has 2 rings (SSSR count). The van der Waals surface area contributed by atoms with Crippen LogP contribution in [0.3, 0.4) is 0 Å². The molecule has 0 bridgehead atoms. The monoisotopic (exact) mass is 184 g/mol. The van der Waals surface area contributed by atoms with Gasteiger partial charge in [-0.05, 0) is 30.4 Å². The zero-order valence-electron chi connectivity index (χ0n) is 8.66. The van der Waals surface area contributed by atoms with Gasteiger partial charge in [-0.25, -0.2) is 0 Å². The molecule has 0 radical (unpaired) electrons. The van der Waals surface area contributed by atoms with Crippen LogP contribution in [0, 0.1) is 0 Å². The van der Waals surface area contributed by atoms with Crippen LogP contribution in [0.25, 0.3) is 5.57 Å². The smallest absolute Gasteiger partial charge is 0.0185 e. The Morgan fingerprint density at radius 1 is 1.14 bits per heavy atom. The lowest BCUT2D eigenvalue weighted by molar-refractivity contribution is 0.901. The van der Waals surface area contributed by atoms with Gasteiger partial charge in [-0.15, -0.1) is 0 Å². The van der Waals surface area contributed by atoms with Crippen LogP contribution in [0.2, 0.25) is 0 Å². The van der Waals surface area contributed by atoms with Gasteiger partial charge in [0, 0.05) is 0 Å². The first-order chi connectivity index (χ1) is 6.92. The quantitative estimate of drug-likeness (QED) is 0.646. The molecule has 1 aliphatic carbocycles. The first kappa shape index (κ1) is 9.26. The Labute approximate surface area is 86.0 Å². The molecule has 1 aliphatic rings. The van der Waals surface area contributed by atoms with E-state index in [1.54, 1.807) is 5.57 Å². The summed E-state index contributed by atoms with van der Waals surface area (Å²) in [5.41, 5.74) is 4.40. The van der Waals surface area contributed by atoms with E-state index >= 15 is 0 Å². The molecule has 0 saturated heterocycles. The van der Waals surface area contributed by atoms with Crippen molar-refractivity contribution in [3.63, 3.8) is 0 Å². The van der Waals surface area contributed by atoms with Crippen molar-refractivity contribution in [2.75, 3.05) is 0 Å². The molecule has 0 heteroatoms. The van der Waals surface area contributed by atoms with Crippen molar-refractivity contribution in [3.05, 3.63) is 53.6 Å². The Morgan fingerprint density at radius 3 is 2.64 bits per heavy atom. The van der Waals surface area contributed by atoms with Crippen LogP contribution in [0.4, 0.5) is 0 Å². The van der Waals surface area contributed by atoms with E-state index in [-0.39, 0.29) is 0 Å². The van der Waals surface area contributed by atoms with Gasteiger partial charge in [0.2, 0.25) is 0 Å². The summed E-state index contributed by atoms with van der Waals surface area (Å²) in [6.45, 7) is 2.25. The van der Waals surface area contributed by atoms with Crippen molar-refractivity contribution in [3.8, 4) is 0 Å². The van der Waals surface area contributed by atoms with Gasteiger partial charge in [-0.2, -0.15) is 0 Å². The van der Waals surface area contributed by atoms with Gasteiger partial charge in [0.05, 0.1) is 0 Å². The lowest BCUT2D eigenvalue weighted by atomic mass is 9.91. The summed E-state index contributed by atoms with van der Waals surface area (Å²) >= 11 is 0. The molecule has 0 N–H and O–H groups in total. The highest BCUT2D eigenvalue weighted by atomic mass is 14.1. The van der Waals surface area contributed by atoms with Gasteiger partial charge < -0.3 is 0 Å². The molecule has 0 heterocycles. The number of allylic oxidation sites excluding steroid dienone is 4. The second kappa shape index (κ2) is 4.28. The first-order valence-corrected chi connectivity index (χ1v) is 5.36. The third-order valence-electron chi connectivity index (χ3n) is 2.79. The van der Waals surface area contributed by atoms with Crippen LogP contribution in [0.15, 0.2) is 48.1 Å². The molecule has 0 aliphatic heterocycles. The van der Waals surface area contributed by atoms with E-state index in [1.807, 2.05) is 0 Å². The fourth-order valence-electron chi connectivity index (χ4n) is 2.00. The summed E-state index contributed by atoms with van der Waals surface area (Å²) < 4.78 is 0. The molecular formula is C14H16. The second-order valence-electron chi connectivity index (χ2n) is 3.68. The molecule has 72 valence electrons. The average molecular weight is 184 g/mol. The van der Waals surface area contributed by atoms with Gasteiger partial charge in [0.1, 0.15) is 0 Å². The van der Waals surface area contributed by atoms with Gasteiger partial charge >= 0.3 is 0 Å². The molecule has 0 amide bonds. The van der Waals surface area contributed by atoms with Gasteiger partial charge in [0.25, 0.3) is 0 Å². The molecule has 0 nitrogen and oxygen atoms in total. The summed E-state index contributed by atoms with van der Waals surface area (Å²) in [5.74, 6) is 0. The molecule has 0 spiro atoms. The number of hydrogen-bond acceptors (Lipinski definition) is 0. The summed E-state index contributed by atoms with van der Waals surface area (Å²) in [6, 6.07) is 10.7. The summed E-state index contributed by atoms with van der Waals surface area (Å²) in [7, 11) is 0. The van der Waals surface area contributed by atoms with E-state index in [4.69, 9.17) is 0 Å². The van der Waals surface area contributed by atoms with Crippen molar-refractivity contribution in [1.82, 2.24) is 0 Å². The van der Waals surface area contributed by atoms with E-state index in [0.717, 1.165) is 0 Å². The maximum absolute atomic E-state index is 2.28. The Kier molecular flexibility index (Phi) is 2.83.